The Balaban J connectivity index is 2.42. The van der Waals surface area contributed by atoms with Gasteiger partial charge in [-0.15, -0.1) is 11.6 Å². The summed E-state index contributed by atoms with van der Waals surface area (Å²) in [6, 6.07) is 3.69. The molecule has 0 saturated carbocycles. The van der Waals surface area contributed by atoms with E-state index in [4.69, 9.17) is 23.2 Å². The van der Waals surface area contributed by atoms with E-state index >= 15 is 0 Å². The van der Waals surface area contributed by atoms with E-state index < -0.39 is 0 Å². The summed E-state index contributed by atoms with van der Waals surface area (Å²) in [5.41, 5.74) is 0.696. The molecule has 0 aliphatic carbocycles. The average molecular weight is 270 g/mol. The lowest BCUT2D eigenvalue weighted by atomic mass is 10.3. The molecule has 0 fully saturated rings. The molecule has 0 amide bonds. The summed E-state index contributed by atoms with van der Waals surface area (Å²) in [6.07, 6.45) is 5.65. The van der Waals surface area contributed by atoms with E-state index in [2.05, 4.69) is 16.9 Å². The van der Waals surface area contributed by atoms with E-state index in [-0.39, 0.29) is 0 Å². The van der Waals surface area contributed by atoms with Gasteiger partial charge in [0.1, 0.15) is 11.6 Å². The number of hydrogen-bond donors (Lipinski definition) is 0. The molecule has 3 nitrogen and oxygen atoms in total. The first-order valence-corrected chi connectivity index (χ1v) is 6.41. The fraction of sp³-hybridized carbons (Fsp3) is 0.333. The van der Waals surface area contributed by atoms with E-state index in [0.717, 1.165) is 24.5 Å². The van der Waals surface area contributed by atoms with E-state index in [9.17, 15) is 0 Å². The largest absolute Gasteiger partial charge is 0.288 e. The maximum Gasteiger partial charge on any atom is 0.138 e. The van der Waals surface area contributed by atoms with Crippen LogP contribution in [-0.4, -0.2) is 14.5 Å². The van der Waals surface area contributed by atoms with Gasteiger partial charge < -0.3 is 0 Å². The molecule has 5 heteroatoms. The van der Waals surface area contributed by atoms with Crippen LogP contribution in [-0.2, 0) is 12.3 Å². The van der Waals surface area contributed by atoms with Gasteiger partial charge in [-0.25, -0.2) is 9.97 Å². The lowest BCUT2D eigenvalue weighted by Crippen LogP contribution is -2.04. The van der Waals surface area contributed by atoms with Crippen molar-refractivity contribution in [3.05, 3.63) is 41.1 Å². The highest BCUT2D eigenvalue weighted by molar-refractivity contribution is 6.32. The second kappa shape index (κ2) is 5.52. The Bertz CT molecular complexity index is 508. The molecule has 0 atom stereocenters. The van der Waals surface area contributed by atoms with Crippen LogP contribution in [0.25, 0.3) is 5.82 Å². The molecule has 17 heavy (non-hydrogen) atoms. The molecule has 0 aliphatic heterocycles. The van der Waals surface area contributed by atoms with Crippen LogP contribution in [0.4, 0.5) is 0 Å². The number of rotatable bonds is 4. The van der Waals surface area contributed by atoms with Gasteiger partial charge in [0.25, 0.3) is 0 Å². The third-order valence-electron chi connectivity index (χ3n) is 2.47. The number of aromatic nitrogens is 3. The molecule has 0 bridgehead atoms. The first-order chi connectivity index (χ1) is 8.26. The third kappa shape index (κ3) is 2.61. The normalized spacial score (nSPS) is 10.8. The Labute approximate surface area is 110 Å². The van der Waals surface area contributed by atoms with Crippen LogP contribution in [0.5, 0.6) is 0 Å². The topological polar surface area (TPSA) is 30.7 Å². The molecular weight excluding hydrogens is 257 g/mol. The van der Waals surface area contributed by atoms with Crippen LogP contribution in [0.3, 0.4) is 0 Å². The number of nitrogens with zero attached hydrogens (tertiary/aromatic N) is 3. The predicted octanol–water partition coefficient (Wildman–Crippen LogP) is 3.61. The van der Waals surface area contributed by atoms with Gasteiger partial charge in [-0.3, -0.25) is 4.57 Å². The van der Waals surface area contributed by atoms with Crippen LogP contribution in [0.2, 0.25) is 5.02 Å². The highest BCUT2D eigenvalue weighted by Crippen LogP contribution is 2.19. The standard InChI is InChI=1S/C12H13Cl2N3/c1-2-3-11-15-6-7-17(11)12-5-4-9(14)10(8-13)16-12/h4-7H,2-3,8H2,1H3. The molecular formula is C12H13Cl2N3. The summed E-state index contributed by atoms with van der Waals surface area (Å²) in [7, 11) is 0. The highest BCUT2D eigenvalue weighted by Gasteiger charge is 2.08. The van der Waals surface area contributed by atoms with E-state index in [1.165, 1.54) is 0 Å². The average Bonchev–Trinajstić information content (AvgIpc) is 2.78. The van der Waals surface area contributed by atoms with E-state index in [0.29, 0.717) is 16.6 Å². The van der Waals surface area contributed by atoms with Gasteiger partial charge in [-0.05, 0) is 18.6 Å². The molecule has 90 valence electrons. The molecule has 0 saturated heterocycles. The zero-order valence-corrected chi connectivity index (χ0v) is 11.0. The number of imidazole rings is 1. The van der Waals surface area contributed by atoms with E-state index in [1.54, 1.807) is 6.20 Å². The zero-order chi connectivity index (χ0) is 12.3. The van der Waals surface area contributed by atoms with Crippen LogP contribution < -0.4 is 0 Å². The molecule has 2 aromatic rings. The fourth-order valence-corrected chi connectivity index (χ4v) is 2.10. The molecule has 0 aromatic carbocycles. The lowest BCUT2D eigenvalue weighted by Gasteiger charge is -2.08. The summed E-state index contributed by atoms with van der Waals surface area (Å²) >= 11 is 11.8. The van der Waals surface area contributed by atoms with Crippen molar-refractivity contribution < 1.29 is 0 Å². The molecule has 2 aromatic heterocycles. The van der Waals surface area contributed by atoms with Gasteiger partial charge in [-0.2, -0.15) is 0 Å². The minimum atomic E-state index is 0.310. The van der Waals surface area contributed by atoms with Crippen molar-refractivity contribution >= 4 is 23.2 Å². The number of alkyl halides is 1. The zero-order valence-electron chi connectivity index (χ0n) is 9.53. The second-order valence-corrected chi connectivity index (χ2v) is 4.37. The van der Waals surface area contributed by atoms with Gasteiger partial charge >= 0.3 is 0 Å². The molecule has 0 aliphatic rings. The Morgan fingerprint density at radius 3 is 2.88 bits per heavy atom. The number of halogens is 2. The predicted molar refractivity (Wildman–Crippen MR) is 69.9 cm³/mol. The fourth-order valence-electron chi connectivity index (χ4n) is 1.65. The van der Waals surface area contributed by atoms with Crippen molar-refractivity contribution in [1.29, 1.82) is 0 Å². The first kappa shape index (κ1) is 12.4. The summed E-state index contributed by atoms with van der Waals surface area (Å²) in [4.78, 5) is 8.75. The molecule has 0 radical (unpaired) electrons. The van der Waals surface area contributed by atoms with Crippen molar-refractivity contribution in [2.45, 2.75) is 25.6 Å². The molecule has 2 rings (SSSR count). The Morgan fingerprint density at radius 2 is 2.18 bits per heavy atom. The van der Waals surface area contributed by atoms with Gasteiger partial charge in [0.05, 0.1) is 16.6 Å². The maximum absolute atomic E-state index is 5.99. The third-order valence-corrected chi connectivity index (χ3v) is 3.07. The maximum atomic E-state index is 5.99. The number of hydrogen-bond acceptors (Lipinski definition) is 2. The SMILES string of the molecule is CCCc1nccn1-c1ccc(Cl)c(CCl)n1. The minimum absolute atomic E-state index is 0.310. The monoisotopic (exact) mass is 269 g/mol. The summed E-state index contributed by atoms with van der Waals surface area (Å²) in [6.45, 7) is 2.12. The molecule has 0 unspecified atom stereocenters. The van der Waals surface area contributed by atoms with Crippen molar-refractivity contribution in [1.82, 2.24) is 14.5 Å². The Hall–Kier alpha value is -1.06. The van der Waals surface area contributed by atoms with Gasteiger partial charge in [0.15, 0.2) is 0 Å². The van der Waals surface area contributed by atoms with Crippen molar-refractivity contribution in [2.75, 3.05) is 0 Å². The van der Waals surface area contributed by atoms with Gasteiger partial charge in [0, 0.05) is 18.8 Å². The summed E-state index contributed by atoms with van der Waals surface area (Å²) < 4.78 is 1.97. The summed E-state index contributed by atoms with van der Waals surface area (Å²) in [5, 5.41) is 0.598. The van der Waals surface area contributed by atoms with Crippen LogP contribution in [0.1, 0.15) is 24.9 Å². The number of pyridine rings is 1. The molecule has 0 N–H and O–H groups in total. The van der Waals surface area contributed by atoms with E-state index in [1.807, 2.05) is 22.9 Å². The molecule has 0 spiro atoms. The quantitative estimate of drug-likeness (QED) is 0.794. The minimum Gasteiger partial charge on any atom is -0.288 e. The van der Waals surface area contributed by atoms with Crippen molar-refractivity contribution in [3.63, 3.8) is 0 Å². The van der Waals surface area contributed by atoms with Crippen LogP contribution in [0, 0.1) is 0 Å². The number of aryl methyl sites for hydroxylation is 1. The summed E-state index contributed by atoms with van der Waals surface area (Å²) in [5.74, 6) is 2.12. The Kier molecular flexibility index (Phi) is 4.02. The van der Waals surface area contributed by atoms with Crippen molar-refractivity contribution in [3.8, 4) is 5.82 Å². The van der Waals surface area contributed by atoms with Crippen molar-refractivity contribution in [2.24, 2.45) is 0 Å². The second-order valence-electron chi connectivity index (χ2n) is 3.70. The van der Waals surface area contributed by atoms with Crippen LogP contribution >= 0.6 is 23.2 Å². The van der Waals surface area contributed by atoms with Crippen LogP contribution in [0.15, 0.2) is 24.5 Å². The van der Waals surface area contributed by atoms with Gasteiger partial charge in [-0.1, -0.05) is 18.5 Å². The highest BCUT2D eigenvalue weighted by atomic mass is 35.5. The smallest absolute Gasteiger partial charge is 0.138 e. The lowest BCUT2D eigenvalue weighted by molar-refractivity contribution is 0.796. The Morgan fingerprint density at radius 1 is 1.35 bits per heavy atom. The van der Waals surface area contributed by atoms with Gasteiger partial charge in [0.2, 0.25) is 0 Å². The first-order valence-electron chi connectivity index (χ1n) is 5.50. The molecule has 2 heterocycles.